The van der Waals surface area contributed by atoms with Crippen molar-refractivity contribution in [1.29, 1.82) is 0 Å². The Morgan fingerprint density at radius 3 is 2.72 bits per heavy atom. The van der Waals surface area contributed by atoms with Crippen molar-refractivity contribution in [3.63, 3.8) is 0 Å². The summed E-state index contributed by atoms with van der Waals surface area (Å²) in [6.45, 7) is 5.89. The molecule has 5 heteroatoms. The van der Waals surface area contributed by atoms with Crippen molar-refractivity contribution in [3.05, 3.63) is 76.4 Å². The fourth-order valence-corrected chi connectivity index (χ4v) is 3.46. The van der Waals surface area contributed by atoms with Gasteiger partial charge in [0.05, 0.1) is 11.9 Å². The van der Waals surface area contributed by atoms with Crippen LogP contribution < -0.4 is 14.9 Å². The van der Waals surface area contributed by atoms with Gasteiger partial charge in [-0.2, -0.15) is 0 Å². The van der Waals surface area contributed by atoms with E-state index in [1.807, 2.05) is 39.0 Å². The van der Waals surface area contributed by atoms with Crippen molar-refractivity contribution < 1.29 is 15.3 Å². The molecule has 2 atom stereocenters. The van der Waals surface area contributed by atoms with Crippen LogP contribution in [-0.4, -0.2) is 25.8 Å². The summed E-state index contributed by atoms with van der Waals surface area (Å²) in [6.07, 6.45) is 5.93. The molecule has 29 heavy (non-hydrogen) atoms. The minimum absolute atomic E-state index is 0. The van der Waals surface area contributed by atoms with E-state index in [9.17, 15) is 4.39 Å². The molecule has 2 heterocycles. The van der Waals surface area contributed by atoms with Crippen molar-refractivity contribution in [3.8, 4) is 11.5 Å². The first-order valence-electron chi connectivity index (χ1n) is 9.64. The van der Waals surface area contributed by atoms with Crippen LogP contribution in [0.5, 0.6) is 11.5 Å². The van der Waals surface area contributed by atoms with Crippen molar-refractivity contribution in [2.24, 2.45) is 4.99 Å². The second-order valence-corrected chi connectivity index (χ2v) is 7.36. The van der Waals surface area contributed by atoms with E-state index in [0.717, 1.165) is 28.2 Å². The maximum absolute atomic E-state index is 14.4. The Hall–Kier alpha value is -3.04. The molecule has 146 valence electrons. The maximum atomic E-state index is 14.4. The number of rotatable bonds is 2. The van der Waals surface area contributed by atoms with Gasteiger partial charge in [0, 0.05) is 12.6 Å². The van der Waals surface area contributed by atoms with Gasteiger partial charge in [0.2, 0.25) is 0 Å². The molecular weight excluding hydrogens is 364 g/mol. The number of halogens is 1. The minimum Gasteiger partial charge on any atom is -0.483 e. The Labute approximate surface area is 173 Å². The van der Waals surface area contributed by atoms with Crippen LogP contribution in [0.3, 0.4) is 0 Å². The third-order valence-electron chi connectivity index (χ3n) is 5.22. The van der Waals surface area contributed by atoms with Crippen LogP contribution in [0.25, 0.3) is 6.08 Å². The molecular formula is C24H23BFNO2. The van der Waals surface area contributed by atoms with Crippen LogP contribution in [-0.2, 0) is 6.42 Å². The standard InChI is InChI=1S/C24H21BFNO2.H2/c1-14(11-18-8-6-9-20(25)23(18)26)24-19-13-22-21(28-15(2)16(3)29-22)12-17(19)7-4-5-10-27-24;/h4,6,8-13,15-16H,7H2,1-3H3;1H/b14-11-,27-24?;. The van der Waals surface area contributed by atoms with Gasteiger partial charge >= 0.3 is 0 Å². The highest BCUT2D eigenvalue weighted by molar-refractivity contribution is 6.32. The molecule has 0 spiro atoms. The number of fused-ring (bicyclic) bond motifs is 2. The molecule has 0 fully saturated rings. The molecule has 2 aliphatic heterocycles. The van der Waals surface area contributed by atoms with E-state index in [2.05, 4.69) is 10.7 Å². The van der Waals surface area contributed by atoms with E-state index < -0.39 is 5.82 Å². The van der Waals surface area contributed by atoms with Crippen LogP contribution in [0.2, 0.25) is 0 Å². The molecule has 2 aromatic rings. The summed E-state index contributed by atoms with van der Waals surface area (Å²) in [5, 5.41) is 0. The van der Waals surface area contributed by atoms with E-state index in [0.29, 0.717) is 17.7 Å². The molecule has 2 unspecified atom stereocenters. The number of hydrogen-bond donors (Lipinski definition) is 0. The molecule has 0 aliphatic carbocycles. The number of benzene rings is 2. The van der Waals surface area contributed by atoms with Crippen molar-refractivity contribution in [1.82, 2.24) is 0 Å². The lowest BCUT2D eigenvalue weighted by Gasteiger charge is -2.31. The SMILES string of the molecule is [B]c1cccc(/C=C(/C)C2=NC=C=CCc3cc4c(cc32)OC(C)C(C)O4)c1F.[HH]. The van der Waals surface area contributed by atoms with Crippen LogP contribution in [0.15, 0.2) is 58.9 Å². The molecule has 2 aliphatic rings. The lowest BCUT2D eigenvalue weighted by molar-refractivity contribution is 0.0428. The molecule has 0 N–H and O–H groups in total. The minimum atomic E-state index is -0.432. The Balaban J connectivity index is 0.00000256. The third-order valence-corrected chi connectivity index (χ3v) is 5.22. The summed E-state index contributed by atoms with van der Waals surface area (Å²) in [5.41, 5.74) is 7.14. The number of nitrogens with zero attached hydrogens (tertiary/aromatic N) is 1. The topological polar surface area (TPSA) is 30.8 Å². The molecule has 0 aromatic heterocycles. The third kappa shape index (κ3) is 3.79. The average molecular weight is 387 g/mol. The van der Waals surface area contributed by atoms with E-state index >= 15 is 0 Å². The van der Waals surface area contributed by atoms with E-state index in [1.54, 1.807) is 30.5 Å². The van der Waals surface area contributed by atoms with Gasteiger partial charge in [-0.15, -0.1) is 5.73 Å². The van der Waals surface area contributed by atoms with E-state index in [1.165, 1.54) is 0 Å². The van der Waals surface area contributed by atoms with Crippen molar-refractivity contribution >= 4 is 25.1 Å². The van der Waals surface area contributed by atoms with Gasteiger partial charge < -0.3 is 9.47 Å². The highest BCUT2D eigenvalue weighted by Crippen LogP contribution is 2.38. The highest BCUT2D eigenvalue weighted by atomic mass is 19.1. The normalized spacial score (nSPS) is 20.6. The van der Waals surface area contributed by atoms with Crippen LogP contribution in [0.1, 0.15) is 38.9 Å². The monoisotopic (exact) mass is 387 g/mol. The van der Waals surface area contributed by atoms with Crippen molar-refractivity contribution in [2.75, 3.05) is 0 Å². The summed E-state index contributed by atoms with van der Waals surface area (Å²) in [4.78, 5) is 4.59. The lowest BCUT2D eigenvalue weighted by Crippen LogP contribution is -2.35. The lowest BCUT2D eigenvalue weighted by atomic mass is 9.91. The molecule has 0 bridgehead atoms. The predicted octanol–water partition coefficient (Wildman–Crippen LogP) is 4.53. The summed E-state index contributed by atoms with van der Waals surface area (Å²) in [6, 6.07) is 8.94. The van der Waals surface area contributed by atoms with Crippen LogP contribution in [0, 0.1) is 5.82 Å². The van der Waals surface area contributed by atoms with Gasteiger partial charge in [0.15, 0.2) is 11.5 Å². The fourth-order valence-electron chi connectivity index (χ4n) is 3.46. The van der Waals surface area contributed by atoms with Gasteiger partial charge in [0.25, 0.3) is 0 Å². The van der Waals surface area contributed by atoms with Crippen LogP contribution >= 0.6 is 0 Å². The second kappa shape index (κ2) is 7.77. The first kappa shape index (κ1) is 19.3. The Bertz CT molecular complexity index is 1100. The summed E-state index contributed by atoms with van der Waals surface area (Å²) < 4.78 is 26.5. The van der Waals surface area contributed by atoms with Gasteiger partial charge in [0.1, 0.15) is 25.9 Å². The molecule has 2 aromatic carbocycles. The van der Waals surface area contributed by atoms with Gasteiger partial charge in [-0.3, -0.25) is 0 Å². The predicted molar refractivity (Wildman–Crippen MR) is 117 cm³/mol. The van der Waals surface area contributed by atoms with Gasteiger partial charge in [-0.05, 0) is 62.6 Å². The molecule has 0 saturated carbocycles. The summed E-state index contributed by atoms with van der Waals surface area (Å²) in [5.74, 6) is 0.993. The molecule has 0 saturated heterocycles. The number of hydrogen-bond acceptors (Lipinski definition) is 3. The Morgan fingerprint density at radius 1 is 1.24 bits per heavy atom. The molecule has 4 rings (SSSR count). The average Bonchev–Trinajstić information content (AvgIpc) is 2.67. The number of ether oxygens (including phenoxy) is 2. The molecule has 0 amide bonds. The first-order valence-corrected chi connectivity index (χ1v) is 9.64. The summed E-state index contributed by atoms with van der Waals surface area (Å²) >= 11 is 0. The maximum Gasteiger partial charge on any atom is 0.162 e. The smallest absolute Gasteiger partial charge is 0.162 e. The quantitative estimate of drug-likeness (QED) is 0.560. The molecule has 2 radical (unpaired) electrons. The second-order valence-electron chi connectivity index (χ2n) is 7.36. The highest BCUT2D eigenvalue weighted by Gasteiger charge is 2.27. The van der Waals surface area contributed by atoms with E-state index in [-0.39, 0.29) is 19.1 Å². The zero-order valence-corrected chi connectivity index (χ0v) is 16.7. The Morgan fingerprint density at radius 2 is 1.97 bits per heavy atom. The fraction of sp³-hybridized carbons (Fsp3) is 0.250. The van der Waals surface area contributed by atoms with E-state index in [4.69, 9.17) is 17.3 Å². The Kier molecular flexibility index (Phi) is 5.17. The molecule has 3 nitrogen and oxygen atoms in total. The largest absolute Gasteiger partial charge is 0.483 e. The van der Waals surface area contributed by atoms with Crippen molar-refractivity contribution in [2.45, 2.75) is 39.4 Å². The van der Waals surface area contributed by atoms with Gasteiger partial charge in [-0.1, -0.05) is 23.7 Å². The number of allylic oxidation sites excluding steroid dienone is 2. The zero-order valence-electron chi connectivity index (χ0n) is 16.7. The van der Waals surface area contributed by atoms with Gasteiger partial charge in [-0.25, -0.2) is 9.38 Å². The first-order chi connectivity index (χ1) is 13.9. The summed E-state index contributed by atoms with van der Waals surface area (Å²) in [7, 11) is 5.71. The zero-order chi connectivity index (χ0) is 20.5. The van der Waals surface area contributed by atoms with Crippen LogP contribution in [0.4, 0.5) is 4.39 Å². The number of aliphatic imine (C=N–C) groups is 1.